The Balaban J connectivity index is 2.07. The van der Waals surface area contributed by atoms with Gasteiger partial charge in [0.25, 0.3) is 5.92 Å². The van der Waals surface area contributed by atoms with E-state index in [1.165, 1.54) is 17.1 Å². The van der Waals surface area contributed by atoms with Crippen LogP contribution in [0.1, 0.15) is 30.7 Å². The second-order valence-electron chi connectivity index (χ2n) is 7.53. The third kappa shape index (κ3) is 5.20. The molecule has 0 aliphatic rings. The fourth-order valence-corrected chi connectivity index (χ4v) is 3.27. The number of hydrogen-bond acceptors (Lipinski definition) is 6. The van der Waals surface area contributed by atoms with Crippen LogP contribution in [0.4, 0.5) is 13.2 Å². The summed E-state index contributed by atoms with van der Waals surface area (Å²) in [4.78, 5) is 22.5. The summed E-state index contributed by atoms with van der Waals surface area (Å²) < 4.78 is 49.0. The van der Waals surface area contributed by atoms with E-state index in [0.29, 0.717) is 19.4 Å². The average Bonchev–Trinajstić information content (AvgIpc) is 3.39. The fraction of sp³-hybridized carbons (Fsp3) is 0.333. The highest BCUT2D eigenvalue weighted by atomic mass is 19.3. The molecule has 0 bridgehead atoms. The van der Waals surface area contributed by atoms with Gasteiger partial charge in [-0.1, -0.05) is 6.92 Å². The number of carbonyl (C=O) groups is 2. The summed E-state index contributed by atoms with van der Waals surface area (Å²) in [5.41, 5.74) is 0.690. The van der Waals surface area contributed by atoms with Gasteiger partial charge in [-0.05, 0) is 12.5 Å². The third-order valence-corrected chi connectivity index (χ3v) is 5.02. The van der Waals surface area contributed by atoms with Crippen molar-refractivity contribution in [2.45, 2.75) is 44.9 Å². The number of carboxylic acids is 2. The molecule has 0 saturated carbocycles. The van der Waals surface area contributed by atoms with E-state index < -0.39 is 47.2 Å². The number of nitrogens with one attached hydrogen (secondary N) is 1. The van der Waals surface area contributed by atoms with Crippen LogP contribution in [0.25, 0.3) is 11.1 Å². The SMILES string of the molecule is CCc1[nH]ncc1Cn1cc(-c2cc(C(C)(F)F)c(F)cc2O[C@H](C(=O)O)[C@H](O)C(=O)O)cn1. The van der Waals surface area contributed by atoms with Crippen molar-refractivity contribution in [3.8, 4) is 16.9 Å². The summed E-state index contributed by atoms with van der Waals surface area (Å²) >= 11 is 0. The van der Waals surface area contributed by atoms with Crippen LogP contribution in [0.3, 0.4) is 0 Å². The van der Waals surface area contributed by atoms with Gasteiger partial charge < -0.3 is 20.1 Å². The largest absolute Gasteiger partial charge is 0.479 e. The van der Waals surface area contributed by atoms with Crippen molar-refractivity contribution in [2.75, 3.05) is 0 Å². The molecule has 182 valence electrons. The van der Waals surface area contributed by atoms with E-state index in [1.807, 2.05) is 6.92 Å². The number of aromatic amines is 1. The maximum absolute atomic E-state index is 14.5. The summed E-state index contributed by atoms with van der Waals surface area (Å²) in [5, 5.41) is 38.9. The summed E-state index contributed by atoms with van der Waals surface area (Å²) in [6.45, 7) is 2.67. The maximum atomic E-state index is 14.5. The summed E-state index contributed by atoms with van der Waals surface area (Å²) in [5.74, 6) is -9.30. The summed E-state index contributed by atoms with van der Waals surface area (Å²) in [7, 11) is 0. The van der Waals surface area contributed by atoms with Crippen molar-refractivity contribution in [1.29, 1.82) is 0 Å². The first-order valence-electron chi connectivity index (χ1n) is 9.98. The molecular weight excluding hydrogens is 461 g/mol. The zero-order valence-electron chi connectivity index (χ0n) is 18.0. The second kappa shape index (κ2) is 9.55. The van der Waals surface area contributed by atoms with E-state index in [1.54, 1.807) is 6.20 Å². The number of alkyl halides is 2. The Hall–Kier alpha value is -3.87. The molecule has 3 rings (SSSR count). The lowest BCUT2D eigenvalue weighted by Gasteiger charge is -2.21. The third-order valence-electron chi connectivity index (χ3n) is 5.02. The van der Waals surface area contributed by atoms with Crippen LogP contribution in [0.15, 0.2) is 30.7 Å². The van der Waals surface area contributed by atoms with Gasteiger partial charge in [0.15, 0.2) is 6.10 Å². The number of halogens is 3. The van der Waals surface area contributed by atoms with Crippen LogP contribution in [0, 0.1) is 5.82 Å². The summed E-state index contributed by atoms with van der Waals surface area (Å²) in [6.07, 6.45) is 0.151. The van der Waals surface area contributed by atoms with Crippen molar-refractivity contribution in [2.24, 2.45) is 0 Å². The van der Waals surface area contributed by atoms with Crippen molar-refractivity contribution in [3.05, 3.63) is 53.4 Å². The molecule has 4 N–H and O–H groups in total. The minimum Gasteiger partial charge on any atom is -0.479 e. The Kier molecular flexibility index (Phi) is 6.96. The molecule has 0 fully saturated rings. The molecule has 13 heteroatoms. The molecule has 34 heavy (non-hydrogen) atoms. The minimum atomic E-state index is -3.59. The average molecular weight is 482 g/mol. The van der Waals surface area contributed by atoms with Crippen LogP contribution in [0.5, 0.6) is 5.75 Å². The topological polar surface area (TPSA) is 151 Å². The number of carboxylic acid groups (broad SMARTS) is 2. The Bertz CT molecular complexity index is 1200. The standard InChI is InChI=1S/C21H21F3N4O6/c1-3-15-11(6-25-27-15)9-28-8-10(7-26-28)12-4-13(21(2,23)24)14(22)5-16(12)34-18(20(32)33)17(29)19(30)31/h4-8,17-18,29H,3,9H2,1-2H3,(H,25,27)(H,30,31)(H,32,33)/t17-,18-/m0/s1. The quantitative estimate of drug-likeness (QED) is 0.344. The number of rotatable bonds is 10. The lowest BCUT2D eigenvalue weighted by molar-refractivity contribution is -0.163. The number of aliphatic carboxylic acids is 2. The molecular formula is C21H21F3N4O6. The first kappa shape index (κ1) is 24.8. The first-order valence-corrected chi connectivity index (χ1v) is 9.98. The maximum Gasteiger partial charge on any atom is 0.348 e. The molecule has 0 unspecified atom stereocenters. The molecule has 0 amide bonds. The van der Waals surface area contributed by atoms with Gasteiger partial charge in [0, 0.05) is 41.6 Å². The molecule has 10 nitrogen and oxygen atoms in total. The predicted molar refractivity (Wildman–Crippen MR) is 110 cm³/mol. The molecule has 2 atom stereocenters. The number of benzene rings is 1. The van der Waals surface area contributed by atoms with Gasteiger partial charge in [0.2, 0.25) is 6.10 Å². The van der Waals surface area contributed by atoms with Crippen molar-refractivity contribution in [3.63, 3.8) is 0 Å². The second-order valence-corrected chi connectivity index (χ2v) is 7.53. The molecule has 2 aromatic heterocycles. The van der Waals surface area contributed by atoms with E-state index in [-0.39, 0.29) is 17.7 Å². The number of H-pyrrole nitrogens is 1. The fourth-order valence-electron chi connectivity index (χ4n) is 3.27. The van der Waals surface area contributed by atoms with Crippen LogP contribution in [0.2, 0.25) is 0 Å². The number of nitrogens with zero attached hydrogens (tertiary/aromatic N) is 3. The first-order chi connectivity index (χ1) is 15.9. The van der Waals surface area contributed by atoms with Crippen molar-refractivity contribution < 1.29 is 42.8 Å². The molecule has 0 radical (unpaired) electrons. The monoisotopic (exact) mass is 482 g/mol. The van der Waals surface area contributed by atoms with E-state index in [4.69, 9.17) is 9.84 Å². The minimum absolute atomic E-state index is 0.163. The number of aromatic nitrogens is 4. The molecule has 2 heterocycles. The smallest absolute Gasteiger partial charge is 0.348 e. The Morgan fingerprint density at radius 1 is 1.24 bits per heavy atom. The normalized spacial score (nSPS) is 13.5. The highest BCUT2D eigenvalue weighted by molar-refractivity contribution is 5.84. The van der Waals surface area contributed by atoms with Crippen LogP contribution < -0.4 is 4.74 Å². The van der Waals surface area contributed by atoms with Gasteiger partial charge in [-0.25, -0.2) is 22.8 Å². The predicted octanol–water partition coefficient (Wildman–Crippen LogP) is 2.41. The Morgan fingerprint density at radius 2 is 1.94 bits per heavy atom. The van der Waals surface area contributed by atoms with E-state index in [9.17, 15) is 33.0 Å². The summed E-state index contributed by atoms with van der Waals surface area (Å²) in [6, 6.07) is 1.29. The highest BCUT2D eigenvalue weighted by Crippen LogP contribution is 2.39. The van der Waals surface area contributed by atoms with Crippen LogP contribution in [-0.4, -0.2) is 59.4 Å². The van der Waals surface area contributed by atoms with Gasteiger partial charge >= 0.3 is 11.9 Å². The number of aliphatic hydroxyl groups excluding tert-OH is 1. The number of aliphatic hydroxyl groups is 1. The number of aryl methyl sites for hydroxylation is 1. The molecule has 0 aliphatic carbocycles. The van der Waals surface area contributed by atoms with Gasteiger partial charge in [-0.3, -0.25) is 9.78 Å². The molecule has 1 aromatic carbocycles. The lowest BCUT2D eigenvalue weighted by Crippen LogP contribution is -2.43. The van der Waals surface area contributed by atoms with E-state index in [0.717, 1.165) is 17.3 Å². The van der Waals surface area contributed by atoms with Gasteiger partial charge in [0.05, 0.1) is 24.5 Å². The molecule has 0 saturated heterocycles. The molecule has 0 aliphatic heterocycles. The van der Waals surface area contributed by atoms with Crippen molar-refractivity contribution in [1.82, 2.24) is 20.0 Å². The van der Waals surface area contributed by atoms with E-state index in [2.05, 4.69) is 15.3 Å². The number of ether oxygens (including phenoxy) is 1. The Labute approximate surface area is 190 Å². The van der Waals surface area contributed by atoms with Gasteiger partial charge in [-0.15, -0.1) is 0 Å². The lowest BCUT2D eigenvalue weighted by atomic mass is 10.0. The highest BCUT2D eigenvalue weighted by Gasteiger charge is 2.36. The van der Waals surface area contributed by atoms with Gasteiger partial charge in [-0.2, -0.15) is 10.2 Å². The zero-order chi connectivity index (χ0) is 25.2. The van der Waals surface area contributed by atoms with Crippen LogP contribution in [-0.2, 0) is 28.5 Å². The van der Waals surface area contributed by atoms with Crippen LogP contribution >= 0.6 is 0 Å². The van der Waals surface area contributed by atoms with E-state index >= 15 is 0 Å². The molecule has 0 spiro atoms. The Morgan fingerprint density at radius 3 is 2.53 bits per heavy atom. The zero-order valence-corrected chi connectivity index (χ0v) is 18.0. The molecule has 3 aromatic rings. The van der Waals surface area contributed by atoms with Gasteiger partial charge in [0.1, 0.15) is 11.6 Å². The number of hydrogen-bond donors (Lipinski definition) is 4. The van der Waals surface area contributed by atoms with Crippen molar-refractivity contribution >= 4 is 11.9 Å².